The number of aromatic nitrogens is 3. The van der Waals surface area contributed by atoms with E-state index in [4.69, 9.17) is 4.52 Å². The minimum Gasteiger partial charge on any atom is -0.363 e. The fourth-order valence-corrected chi connectivity index (χ4v) is 2.79. The number of hydrogen-bond donors (Lipinski definition) is 2. The average Bonchev–Trinajstić information content (AvgIpc) is 3.24. The number of H-pyrrole nitrogens is 1. The normalized spacial score (nSPS) is 14.8. The monoisotopic (exact) mass is 309 g/mol. The second-order valence-electron chi connectivity index (χ2n) is 5.34. The quantitative estimate of drug-likeness (QED) is 0.762. The molecule has 4 rings (SSSR count). The Bertz CT molecular complexity index is 866. The van der Waals surface area contributed by atoms with Crippen molar-refractivity contribution in [2.24, 2.45) is 0 Å². The van der Waals surface area contributed by atoms with Crippen molar-refractivity contribution in [3.8, 4) is 0 Å². The molecule has 7 nitrogen and oxygen atoms in total. The highest BCUT2D eigenvalue weighted by Gasteiger charge is 2.20. The van der Waals surface area contributed by atoms with Crippen LogP contribution in [0.1, 0.15) is 12.0 Å². The van der Waals surface area contributed by atoms with Gasteiger partial charge in [-0.15, -0.1) is 0 Å². The van der Waals surface area contributed by atoms with Crippen molar-refractivity contribution in [2.75, 3.05) is 18.4 Å². The van der Waals surface area contributed by atoms with Crippen LogP contribution in [0.15, 0.2) is 47.5 Å². The molecule has 0 radical (unpaired) electrons. The highest BCUT2D eigenvalue weighted by atomic mass is 16.5. The Morgan fingerprint density at radius 3 is 3.13 bits per heavy atom. The molecule has 0 fully saturated rings. The molecule has 7 heteroatoms. The third kappa shape index (κ3) is 2.57. The van der Waals surface area contributed by atoms with E-state index in [9.17, 15) is 4.79 Å². The summed E-state index contributed by atoms with van der Waals surface area (Å²) in [5, 5.41) is 7.50. The van der Waals surface area contributed by atoms with Crippen LogP contribution in [0.5, 0.6) is 0 Å². The van der Waals surface area contributed by atoms with Crippen molar-refractivity contribution in [3.05, 3.63) is 48.5 Å². The van der Waals surface area contributed by atoms with Gasteiger partial charge < -0.3 is 14.4 Å². The number of amides is 2. The highest BCUT2D eigenvalue weighted by molar-refractivity contribution is 5.92. The van der Waals surface area contributed by atoms with Gasteiger partial charge in [-0.2, -0.15) is 0 Å². The fraction of sp³-hybridized carbons (Fsp3) is 0.188. The Labute approximate surface area is 132 Å². The van der Waals surface area contributed by atoms with Crippen LogP contribution < -0.4 is 5.32 Å². The van der Waals surface area contributed by atoms with Crippen molar-refractivity contribution in [3.63, 3.8) is 0 Å². The third-order valence-corrected chi connectivity index (χ3v) is 3.97. The van der Waals surface area contributed by atoms with E-state index in [-0.39, 0.29) is 6.03 Å². The summed E-state index contributed by atoms with van der Waals surface area (Å²) in [5.74, 6) is 0.424. The van der Waals surface area contributed by atoms with E-state index < -0.39 is 0 Å². The van der Waals surface area contributed by atoms with Crippen LogP contribution in [0, 0.1) is 0 Å². The molecule has 0 aliphatic carbocycles. The summed E-state index contributed by atoms with van der Waals surface area (Å²) in [7, 11) is 0. The molecule has 0 spiro atoms. The van der Waals surface area contributed by atoms with E-state index in [1.54, 1.807) is 17.2 Å². The molecule has 0 saturated heterocycles. The van der Waals surface area contributed by atoms with Gasteiger partial charge in [0.05, 0.1) is 0 Å². The summed E-state index contributed by atoms with van der Waals surface area (Å²) >= 11 is 0. The first-order valence-electron chi connectivity index (χ1n) is 7.39. The number of pyridine rings is 1. The van der Waals surface area contributed by atoms with Crippen molar-refractivity contribution in [2.45, 2.75) is 6.42 Å². The molecule has 1 aliphatic rings. The van der Waals surface area contributed by atoms with Gasteiger partial charge in [-0.25, -0.2) is 9.78 Å². The van der Waals surface area contributed by atoms with Crippen LogP contribution in [0.2, 0.25) is 0 Å². The molecule has 0 atom stereocenters. The van der Waals surface area contributed by atoms with Gasteiger partial charge in [0.15, 0.2) is 5.82 Å². The minimum atomic E-state index is -0.171. The lowest BCUT2D eigenvalue weighted by molar-refractivity contribution is 0.216. The van der Waals surface area contributed by atoms with Gasteiger partial charge in [0, 0.05) is 42.5 Å². The van der Waals surface area contributed by atoms with Gasteiger partial charge in [0.25, 0.3) is 0 Å². The van der Waals surface area contributed by atoms with Crippen LogP contribution >= 0.6 is 0 Å². The Hall–Kier alpha value is -3.09. The first kappa shape index (κ1) is 13.6. The molecule has 116 valence electrons. The average molecular weight is 309 g/mol. The molecule has 3 aromatic rings. The van der Waals surface area contributed by atoms with E-state index in [0.717, 1.165) is 23.0 Å². The lowest BCUT2D eigenvalue weighted by Gasteiger charge is -2.26. The summed E-state index contributed by atoms with van der Waals surface area (Å²) < 4.78 is 4.71. The largest absolute Gasteiger partial charge is 0.363 e. The number of nitrogens with zero attached hydrogens (tertiary/aromatic N) is 3. The van der Waals surface area contributed by atoms with Crippen LogP contribution in [-0.2, 0) is 0 Å². The first-order valence-corrected chi connectivity index (χ1v) is 7.39. The second-order valence-corrected chi connectivity index (χ2v) is 5.34. The van der Waals surface area contributed by atoms with Gasteiger partial charge in [0.2, 0.25) is 0 Å². The van der Waals surface area contributed by atoms with Gasteiger partial charge in [0.1, 0.15) is 11.9 Å². The molecular weight excluding hydrogens is 294 g/mol. The van der Waals surface area contributed by atoms with E-state index in [0.29, 0.717) is 18.9 Å². The Morgan fingerprint density at radius 2 is 2.35 bits per heavy atom. The zero-order valence-electron chi connectivity index (χ0n) is 12.3. The number of rotatable bonds is 2. The summed E-state index contributed by atoms with van der Waals surface area (Å²) in [6.07, 6.45) is 8.06. The van der Waals surface area contributed by atoms with E-state index in [2.05, 4.69) is 32.6 Å². The fourth-order valence-electron chi connectivity index (χ4n) is 2.79. The van der Waals surface area contributed by atoms with Crippen molar-refractivity contribution < 1.29 is 9.32 Å². The van der Waals surface area contributed by atoms with Gasteiger partial charge in [-0.3, -0.25) is 5.32 Å². The molecule has 4 heterocycles. The van der Waals surface area contributed by atoms with Crippen LogP contribution in [0.25, 0.3) is 16.6 Å². The molecule has 3 aromatic heterocycles. The predicted molar refractivity (Wildman–Crippen MR) is 85.8 cm³/mol. The number of hydrogen-bond acceptors (Lipinski definition) is 4. The molecule has 0 saturated carbocycles. The number of carbonyl (C=O) groups excluding carboxylic acids is 1. The van der Waals surface area contributed by atoms with Crippen LogP contribution in [0.4, 0.5) is 10.6 Å². The number of fused-ring (bicyclic) bond motifs is 1. The number of anilines is 1. The van der Waals surface area contributed by atoms with Gasteiger partial charge >= 0.3 is 6.03 Å². The standard InChI is InChI=1S/C16H15N5O2/c22-16(19-14-5-9-23-20-14)21-7-3-11(4-8-21)13-10-18-15-12(13)2-1-6-17-15/h1-3,5-6,9-10H,4,7-8H2,(H,17,18)(H,19,20,22). The number of carbonyl (C=O) groups is 1. The Morgan fingerprint density at radius 1 is 1.39 bits per heavy atom. The number of nitrogens with one attached hydrogen (secondary N) is 2. The van der Waals surface area contributed by atoms with E-state index in [1.807, 2.05) is 12.3 Å². The molecule has 2 N–H and O–H groups in total. The maximum Gasteiger partial charge on any atom is 0.323 e. The minimum absolute atomic E-state index is 0.171. The van der Waals surface area contributed by atoms with Crippen LogP contribution in [0.3, 0.4) is 0 Å². The lowest BCUT2D eigenvalue weighted by Crippen LogP contribution is -2.37. The Kier molecular flexibility index (Phi) is 3.30. The van der Waals surface area contributed by atoms with Crippen molar-refractivity contribution in [1.82, 2.24) is 20.0 Å². The second kappa shape index (κ2) is 5.60. The van der Waals surface area contributed by atoms with Gasteiger partial charge in [-0.1, -0.05) is 11.2 Å². The molecular formula is C16H15N5O2. The molecule has 23 heavy (non-hydrogen) atoms. The molecule has 1 aliphatic heterocycles. The number of urea groups is 1. The highest BCUT2D eigenvalue weighted by Crippen LogP contribution is 2.28. The summed E-state index contributed by atoms with van der Waals surface area (Å²) in [6, 6.07) is 5.43. The number of aromatic amines is 1. The molecule has 0 bridgehead atoms. The zero-order chi connectivity index (χ0) is 15.6. The third-order valence-electron chi connectivity index (χ3n) is 3.97. The lowest BCUT2D eigenvalue weighted by atomic mass is 10.00. The first-order chi connectivity index (χ1) is 11.3. The van der Waals surface area contributed by atoms with Gasteiger partial charge in [-0.05, 0) is 24.1 Å². The summed E-state index contributed by atoms with van der Waals surface area (Å²) in [5.41, 5.74) is 3.27. The van der Waals surface area contributed by atoms with Crippen molar-refractivity contribution in [1.29, 1.82) is 0 Å². The SMILES string of the molecule is O=C(Nc1ccon1)N1CC=C(c2c[nH]c3ncccc23)CC1. The molecule has 2 amide bonds. The predicted octanol–water partition coefficient (Wildman–Crippen LogP) is 2.87. The Balaban J connectivity index is 1.49. The maximum absolute atomic E-state index is 12.2. The van der Waals surface area contributed by atoms with E-state index >= 15 is 0 Å². The summed E-state index contributed by atoms with van der Waals surface area (Å²) in [4.78, 5) is 21.4. The maximum atomic E-state index is 12.2. The smallest absolute Gasteiger partial charge is 0.323 e. The summed E-state index contributed by atoms with van der Waals surface area (Å²) in [6.45, 7) is 1.22. The van der Waals surface area contributed by atoms with Crippen molar-refractivity contribution >= 4 is 28.5 Å². The van der Waals surface area contributed by atoms with E-state index in [1.165, 1.54) is 11.8 Å². The topological polar surface area (TPSA) is 87.0 Å². The molecule has 0 unspecified atom stereocenters. The zero-order valence-corrected chi connectivity index (χ0v) is 12.3. The van der Waals surface area contributed by atoms with Crippen LogP contribution in [-0.4, -0.2) is 39.1 Å². The molecule has 0 aromatic carbocycles.